The molecule has 0 unspecified atom stereocenters. The van der Waals surface area contributed by atoms with E-state index in [0.717, 1.165) is 12.8 Å². The first-order valence-corrected chi connectivity index (χ1v) is 12.2. The van der Waals surface area contributed by atoms with E-state index < -0.39 is 18.4 Å². The van der Waals surface area contributed by atoms with E-state index in [2.05, 4.69) is 43.9 Å². The maximum atomic E-state index is 9.31. The highest BCUT2D eigenvalue weighted by molar-refractivity contribution is 7.85. The van der Waals surface area contributed by atoms with Crippen molar-refractivity contribution in [2.45, 2.75) is 51.7 Å². The minimum atomic E-state index is -3.67. The summed E-state index contributed by atoms with van der Waals surface area (Å²) in [5, 5.41) is 13.0. The summed E-state index contributed by atoms with van der Waals surface area (Å²) in [5.74, 6) is 0.146. The van der Waals surface area contributed by atoms with E-state index in [0.29, 0.717) is 19.4 Å². The Labute approximate surface area is 140 Å². The van der Waals surface area contributed by atoms with E-state index in [4.69, 9.17) is 14.5 Å². The Morgan fingerprint density at radius 3 is 2.17 bits per heavy atom. The van der Waals surface area contributed by atoms with Crippen molar-refractivity contribution < 1.29 is 22.5 Å². The molecule has 0 rings (SSSR count). The smallest absolute Gasteiger partial charge is 0.261 e. The Hall–Kier alpha value is -0.643. The van der Waals surface area contributed by atoms with E-state index >= 15 is 0 Å². The van der Waals surface area contributed by atoms with Crippen LogP contribution < -0.4 is 0 Å². The third-order valence-corrected chi connectivity index (χ3v) is 8.18. The molecule has 0 spiro atoms. The molecule has 2 N–H and O–H groups in total. The fourth-order valence-electron chi connectivity index (χ4n) is 1.27. The number of azide groups is 1. The Morgan fingerprint density at radius 2 is 1.83 bits per heavy atom. The molecule has 23 heavy (non-hydrogen) atoms. The monoisotopic (exact) mass is 369 g/mol. The molecule has 138 valence electrons. The summed E-state index contributed by atoms with van der Waals surface area (Å²) in [6.07, 6.45) is 2.35. The fraction of sp³-hybridized carbons (Fsp3) is 1.00. The van der Waals surface area contributed by atoms with Gasteiger partial charge in [-0.25, -0.2) is 0 Å². The second-order valence-corrected chi connectivity index (χ2v) is 13.2. The van der Waals surface area contributed by atoms with Crippen molar-refractivity contribution in [2.24, 2.45) is 11.0 Å². The van der Waals surface area contributed by atoms with Gasteiger partial charge in [0.25, 0.3) is 10.1 Å². The Bertz CT molecular complexity index is 462. The third kappa shape index (κ3) is 16.0. The normalized spacial score (nSPS) is 13.6. The van der Waals surface area contributed by atoms with Crippen LogP contribution in [0.1, 0.15) is 33.6 Å². The topological polar surface area (TPSA) is 133 Å². The molecular weight excluding hydrogens is 338 g/mol. The van der Waals surface area contributed by atoms with Gasteiger partial charge in [-0.3, -0.25) is 4.55 Å². The van der Waals surface area contributed by atoms with Gasteiger partial charge < -0.3 is 9.53 Å². The number of aliphatic hydroxyl groups excluding tert-OH is 1. The van der Waals surface area contributed by atoms with Crippen LogP contribution in [0.4, 0.5) is 0 Å². The first-order valence-electron chi connectivity index (χ1n) is 7.42. The first kappa shape index (κ1) is 24.6. The second-order valence-electron chi connectivity index (χ2n) is 6.95. The van der Waals surface area contributed by atoms with Crippen LogP contribution in [0.15, 0.2) is 5.11 Å². The standard InChI is InChI=1S/C12H27N3O2Si.CH4O3S/c1-12(2,3)18(4,5)17-10-11(9-16)7-6-8-14-15-13;1-5(2,3)4/h11,16H,6-10H2,1-5H3;1H3,(H,2,3,4)/t11-;/m0./s1. The molecule has 0 aromatic carbocycles. The van der Waals surface area contributed by atoms with Crippen LogP contribution in [0.25, 0.3) is 10.4 Å². The van der Waals surface area contributed by atoms with Gasteiger partial charge in [-0.15, -0.1) is 0 Å². The molecule has 0 aliphatic rings. The molecule has 0 aromatic heterocycles. The zero-order valence-electron chi connectivity index (χ0n) is 15.0. The number of rotatable bonds is 8. The quantitative estimate of drug-likeness (QED) is 0.169. The Kier molecular flexibility index (Phi) is 11.8. The predicted molar refractivity (Wildman–Crippen MR) is 94.4 cm³/mol. The molecule has 1 atom stereocenters. The molecular formula is C13H31N3O5SSi. The van der Waals surface area contributed by atoms with Crippen LogP contribution in [0, 0.1) is 5.92 Å². The van der Waals surface area contributed by atoms with Crippen LogP contribution in [-0.4, -0.2) is 52.4 Å². The lowest BCUT2D eigenvalue weighted by molar-refractivity contribution is 0.146. The van der Waals surface area contributed by atoms with Gasteiger partial charge in [0.1, 0.15) is 0 Å². The van der Waals surface area contributed by atoms with Crippen LogP contribution in [0.5, 0.6) is 0 Å². The van der Waals surface area contributed by atoms with E-state index in [1.165, 1.54) is 0 Å². The molecule has 0 saturated carbocycles. The maximum Gasteiger partial charge on any atom is 0.261 e. The van der Waals surface area contributed by atoms with Crippen molar-refractivity contribution in [2.75, 3.05) is 26.0 Å². The Balaban J connectivity index is 0. The summed E-state index contributed by atoms with van der Waals surface area (Å²) in [5.41, 5.74) is 8.18. The number of nitrogens with zero attached hydrogens (tertiary/aromatic N) is 3. The highest BCUT2D eigenvalue weighted by Gasteiger charge is 2.37. The highest BCUT2D eigenvalue weighted by Crippen LogP contribution is 2.36. The number of hydrogen-bond donors (Lipinski definition) is 2. The Morgan fingerprint density at radius 1 is 1.35 bits per heavy atom. The van der Waals surface area contributed by atoms with Gasteiger partial charge in [0, 0.05) is 30.6 Å². The van der Waals surface area contributed by atoms with Crippen LogP contribution in [0.3, 0.4) is 0 Å². The molecule has 0 saturated heterocycles. The summed E-state index contributed by atoms with van der Waals surface area (Å²) in [6.45, 7) is 12.3. The molecule has 0 aliphatic carbocycles. The summed E-state index contributed by atoms with van der Waals surface area (Å²) in [4.78, 5) is 2.71. The third-order valence-electron chi connectivity index (χ3n) is 3.68. The van der Waals surface area contributed by atoms with Gasteiger partial charge in [0.15, 0.2) is 8.32 Å². The molecule has 0 radical (unpaired) electrons. The maximum absolute atomic E-state index is 9.31. The molecule has 0 bridgehead atoms. The number of aliphatic hydroxyl groups is 1. The molecule has 0 fully saturated rings. The van der Waals surface area contributed by atoms with Crippen molar-refractivity contribution in [3.05, 3.63) is 10.4 Å². The average Bonchev–Trinajstić information content (AvgIpc) is 2.34. The van der Waals surface area contributed by atoms with Crippen LogP contribution >= 0.6 is 0 Å². The zero-order chi connectivity index (χ0) is 18.7. The van der Waals surface area contributed by atoms with Gasteiger partial charge in [0.2, 0.25) is 0 Å². The summed E-state index contributed by atoms with van der Waals surface area (Å²) in [7, 11) is -5.40. The lowest BCUT2D eigenvalue weighted by Crippen LogP contribution is -2.42. The predicted octanol–water partition coefficient (Wildman–Crippen LogP) is 3.21. The minimum absolute atomic E-state index is 0.130. The second kappa shape index (κ2) is 11.0. The summed E-state index contributed by atoms with van der Waals surface area (Å²) in [6, 6.07) is 0. The average molecular weight is 370 g/mol. The van der Waals surface area contributed by atoms with Crippen molar-refractivity contribution in [1.29, 1.82) is 0 Å². The van der Waals surface area contributed by atoms with E-state index in [1.807, 2.05) is 0 Å². The molecule has 0 heterocycles. The lowest BCUT2D eigenvalue weighted by atomic mass is 10.1. The first-order chi connectivity index (χ1) is 10.2. The van der Waals surface area contributed by atoms with Crippen LogP contribution in [-0.2, 0) is 14.5 Å². The van der Waals surface area contributed by atoms with Crippen molar-refractivity contribution in [3.63, 3.8) is 0 Å². The summed E-state index contributed by atoms with van der Waals surface area (Å²) >= 11 is 0. The lowest BCUT2D eigenvalue weighted by Gasteiger charge is -2.37. The van der Waals surface area contributed by atoms with Crippen molar-refractivity contribution >= 4 is 18.4 Å². The van der Waals surface area contributed by atoms with Crippen LogP contribution in [0.2, 0.25) is 18.1 Å². The van der Waals surface area contributed by atoms with Gasteiger partial charge >= 0.3 is 0 Å². The van der Waals surface area contributed by atoms with E-state index in [1.54, 1.807) is 0 Å². The minimum Gasteiger partial charge on any atom is -0.416 e. The fourth-order valence-corrected chi connectivity index (χ4v) is 2.35. The van der Waals surface area contributed by atoms with E-state index in [9.17, 15) is 13.5 Å². The van der Waals surface area contributed by atoms with Gasteiger partial charge in [0.05, 0.1) is 6.26 Å². The molecule has 8 nitrogen and oxygen atoms in total. The molecule has 0 amide bonds. The van der Waals surface area contributed by atoms with Gasteiger partial charge in [-0.05, 0) is 36.5 Å². The summed E-state index contributed by atoms with van der Waals surface area (Å²) < 4.78 is 31.9. The SMILES string of the molecule is CC(C)(C)[Si](C)(C)OC[C@H](CO)CCCN=[N+]=[N-].CS(=O)(=O)O. The van der Waals surface area contributed by atoms with Gasteiger partial charge in [-0.2, -0.15) is 8.42 Å². The molecule has 10 heteroatoms. The highest BCUT2D eigenvalue weighted by atomic mass is 32.2. The van der Waals surface area contributed by atoms with Crippen molar-refractivity contribution in [1.82, 2.24) is 0 Å². The molecule has 0 aromatic rings. The van der Waals surface area contributed by atoms with Gasteiger partial charge in [-0.1, -0.05) is 25.9 Å². The van der Waals surface area contributed by atoms with E-state index in [-0.39, 0.29) is 17.6 Å². The number of hydrogen-bond acceptors (Lipinski definition) is 5. The molecule has 0 aliphatic heterocycles. The van der Waals surface area contributed by atoms with Crippen molar-refractivity contribution in [3.8, 4) is 0 Å². The zero-order valence-corrected chi connectivity index (χ0v) is 16.8. The largest absolute Gasteiger partial charge is 0.416 e.